The molecule has 2 aliphatic rings. The molecule has 0 radical (unpaired) electrons. The Labute approximate surface area is 147 Å². The Kier molecular flexibility index (Phi) is 3.21. The van der Waals surface area contributed by atoms with Crippen LogP contribution in [0.5, 0.6) is 0 Å². The van der Waals surface area contributed by atoms with Gasteiger partial charge in [-0.1, -0.05) is 26.0 Å². The molecule has 0 spiro atoms. The zero-order valence-electron chi connectivity index (χ0n) is 14.9. The summed E-state index contributed by atoms with van der Waals surface area (Å²) in [6.07, 6.45) is 4.65. The third kappa shape index (κ3) is 2.48. The number of allylic oxidation sites excluding steroid dienone is 2. The molecule has 0 amide bonds. The molecule has 0 saturated carbocycles. The summed E-state index contributed by atoms with van der Waals surface area (Å²) in [7, 11) is 0. The highest BCUT2D eigenvalue weighted by molar-refractivity contribution is 6.28. The van der Waals surface area contributed by atoms with Gasteiger partial charge in [-0.15, -0.1) is 0 Å². The quantitative estimate of drug-likeness (QED) is 0.401. The van der Waals surface area contributed by atoms with Crippen molar-refractivity contribution in [2.45, 2.75) is 34.1 Å². The van der Waals surface area contributed by atoms with Gasteiger partial charge in [0.25, 0.3) is 0 Å². The second-order valence-corrected chi connectivity index (χ2v) is 8.35. The third-order valence-corrected chi connectivity index (χ3v) is 5.10. The van der Waals surface area contributed by atoms with E-state index in [1.54, 1.807) is 6.07 Å². The van der Waals surface area contributed by atoms with Crippen molar-refractivity contribution in [3.63, 3.8) is 0 Å². The van der Waals surface area contributed by atoms with E-state index in [9.17, 15) is 9.60 Å². The lowest BCUT2D eigenvalue weighted by molar-refractivity contribution is -0.361. The molecule has 3 nitrogen and oxygen atoms in total. The number of benzene rings is 1. The summed E-state index contributed by atoms with van der Waals surface area (Å²) in [5.41, 5.74) is 5.05. The van der Waals surface area contributed by atoms with Gasteiger partial charge >= 0.3 is 0 Å². The van der Waals surface area contributed by atoms with Gasteiger partial charge in [0.15, 0.2) is 0 Å². The number of halogens is 1. The van der Waals surface area contributed by atoms with Gasteiger partial charge in [-0.25, -0.2) is 4.98 Å². The highest BCUT2D eigenvalue weighted by atomic mass is 19.1. The lowest BCUT2D eigenvalue weighted by Crippen LogP contribution is -2.36. The second-order valence-electron chi connectivity index (χ2n) is 8.35. The van der Waals surface area contributed by atoms with Gasteiger partial charge in [0.2, 0.25) is 17.3 Å². The summed E-state index contributed by atoms with van der Waals surface area (Å²) in [6.45, 7) is 8.70. The molecular formula is C21H21FN2O. The molecule has 4 rings (SSSR count). The van der Waals surface area contributed by atoms with E-state index in [0.717, 1.165) is 39.1 Å². The molecule has 128 valence electrons. The lowest BCUT2D eigenvalue weighted by atomic mass is 9.65. The molecule has 1 aromatic carbocycles. The second kappa shape index (κ2) is 5.01. The van der Waals surface area contributed by atoms with E-state index in [1.807, 2.05) is 18.2 Å². The molecule has 0 atom stereocenters. The van der Waals surface area contributed by atoms with E-state index in [4.69, 9.17) is 0 Å². The molecule has 0 bridgehead atoms. The predicted octanol–water partition coefficient (Wildman–Crippen LogP) is 5.32. The summed E-state index contributed by atoms with van der Waals surface area (Å²) >= 11 is 0. The maximum absolute atomic E-state index is 13.1. The van der Waals surface area contributed by atoms with Crippen LogP contribution in [0.15, 0.2) is 42.6 Å². The van der Waals surface area contributed by atoms with Crippen LogP contribution in [0.2, 0.25) is 0 Å². The molecule has 1 aliphatic heterocycles. The van der Waals surface area contributed by atoms with Crippen molar-refractivity contribution < 1.29 is 9.13 Å². The van der Waals surface area contributed by atoms with Gasteiger partial charge in [-0.2, -0.15) is 9.13 Å². The number of fused-ring (bicyclic) bond motifs is 3. The Morgan fingerprint density at radius 2 is 1.80 bits per heavy atom. The molecule has 0 fully saturated rings. The Balaban J connectivity index is 1.90. The number of pyridine rings is 1. The van der Waals surface area contributed by atoms with Crippen LogP contribution >= 0.6 is 0 Å². The summed E-state index contributed by atoms with van der Waals surface area (Å²) < 4.78 is 14.1. The molecule has 0 unspecified atom stereocenters. The summed E-state index contributed by atoms with van der Waals surface area (Å²) in [5.74, 6) is -0.508. The topological polar surface area (TPSA) is 39.0 Å². The number of rotatable bonds is 1. The van der Waals surface area contributed by atoms with Crippen molar-refractivity contribution in [2.24, 2.45) is 10.8 Å². The Hall–Kier alpha value is -2.49. The largest absolute Gasteiger partial charge is 0.618 e. The van der Waals surface area contributed by atoms with Crippen LogP contribution in [-0.2, 0) is 0 Å². The van der Waals surface area contributed by atoms with E-state index < -0.39 is 5.95 Å². The summed E-state index contributed by atoms with van der Waals surface area (Å²) in [4.78, 5) is 3.71. The summed E-state index contributed by atoms with van der Waals surface area (Å²) in [5, 5.41) is 13.1. The standard InChI is InChI=1S/C21H21FN2O/c1-20(2)10-16-15-7-5-13(14-6-8-18(22)23-11-14)9-17(15)24(25)19(16)21(3,4)12-20/h5-11H,12H2,1-4H3. The van der Waals surface area contributed by atoms with Gasteiger partial charge in [-0.3, -0.25) is 0 Å². The van der Waals surface area contributed by atoms with E-state index in [2.05, 4.69) is 38.8 Å². The van der Waals surface area contributed by atoms with Crippen LogP contribution in [0, 0.1) is 22.0 Å². The van der Waals surface area contributed by atoms with Crippen molar-refractivity contribution in [1.82, 2.24) is 4.98 Å². The van der Waals surface area contributed by atoms with Crippen molar-refractivity contribution in [3.05, 3.63) is 59.3 Å². The number of hydrogen-bond acceptors (Lipinski definition) is 2. The Morgan fingerprint density at radius 3 is 2.48 bits per heavy atom. The van der Waals surface area contributed by atoms with E-state index >= 15 is 0 Å². The van der Waals surface area contributed by atoms with Crippen molar-refractivity contribution in [1.29, 1.82) is 0 Å². The van der Waals surface area contributed by atoms with Crippen LogP contribution in [0.3, 0.4) is 0 Å². The summed E-state index contributed by atoms with van der Waals surface area (Å²) in [6, 6.07) is 8.86. The minimum Gasteiger partial charge on any atom is -0.618 e. The number of hydrogen-bond donors (Lipinski definition) is 0. The minimum atomic E-state index is -0.508. The van der Waals surface area contributed by atoms with E-state index in [0.29, 0.717) is 5.69 Å². The first-order valence-corrected chi connectivity index (χ1v) is 8.52. The number of nitrogens with zero attached hydrogens (tertiary/aromatic N) is 2. The highest BCUT2D eigenvalue weighted by Gasteiger charge is 2.48. The zero-order chi connectivity index (χ0) is 18.0. The first-order chi connectivity index (χ1) is 11.7. The fourth-order valence-electron chi connectivity index (χ4n) is 4.46. The minimum absolute atomic E-state index is 0.0460. The predicted molar refractivity (Wildman–Crippen MR) is 98.1 cm³/mol. The molecule has 25 heavy (non-hydrogen) atoms. The molecule has 2 heterocycles. The maximum Gasteiger partial charge on any atom is 0.225 e. The Morgan fingerprint density at radius 1 is 1.08 bits per heavy atom. The van der Waals surface area contributed by atoms with Crippen molar-refractivity contribution >= 4 is 17.0 Å². The fourth-order valence-corrected chi connectivity index (χ4v) is 4.46. The van der Waals surface area contributed by atoms with E-state index in [-0.39, 0.29) is 10.8 Å². The van der Waals surface area contributed by atoms with Crippen LogP contribution in [0.1, 0.15) is 39.7 Å². The van der Waals surface area contributed by atoms with Crippen LogP contribution in [0.25, 0.3) is 16.7 Å². The normalized spacial score (nSPS) is 20.1. The van der Waals surface area contributed by atoms with Crippen molar-refractivity contribution in [3.8, 4) is 11.1 Å². The molecule has 1 aliphatic carbocycles. The smallest absolute Gasteiger partial charge is 0.225 e. The monoisotopic (exact) mass is 336 g/mol. The first kappa shape index (κ1) is 16.0. The van der Waals surface area contributed by atoms with Crippen LogP contribution < -0.4 is 0 Å². The zero-order valence-corrected chi connectivity index (χ0v) is 14.9. The lowest BCUT2D eigenvalue weighted by Gasteiger charge is -2.36. The van der Waals surface area contributed by atoms with Crippen LogP contribution in [-0.4, -0.2) is 15.4 Å². The molecule has 2 aromatic rings. The third-order valence-electron chi connectivity index (χ3n) is 5.10. The molecule has 4 heteroatoms. The molecule has 0 N–H and O–H groups in total. The molecule has 0 saturated heterocycles. The van der Waals surface area contributed by atoms with Crippen LogP contribution in [0.4, 0.5) is 10.1 Å². The average molecular weight is 336 g/mol. The fraction of sp³-hybridized carbons (Fsp3) is 0.333. The first-order valence-electron chi connectivity index (χ1n) is 8.52. The van der Waals surface area contributed by atoms with E-state index in [1.165, 1.54) is 12.3 Å². The van der Waals surface area contributed by atoms with Gasteiger partial charge in [0.1, 0.15) is 0 Å². The average Bonchev–Trinajstić information content (AvgIpc) is 2.79. The Bertz CT molecular complexity index is 937. The maximum atomic E-state index is 13.1. The van der Waals surface area contributed by atoms with Gasteiger partial charge in [0.05, 0.1) is 16.6 Å². The van der Waals surface area contributed by atoms with Gasteiger partial charge < -0.3 is 5.21 Å². The van der Waals surface area contributed by atoms with Gasteiger partial charge in [0, 0.05) is 17.8 Å². The number of aromatic nitrogens is 1. The highest BCUT2D eigenvalue weighted by Crippen LogP contribution is 2.50. The van der Waals surface area contributed by atoms with Gasteiger partial charge in [-0.05, 0) is 49.4 Å². The molecule has 1 aromatic heterocycles. The molecular weight excluding hydrogens is 315 g/mol. The van der Waals surface area contributed by atoms with Crippen molar-refractivity contribution in [2.75, 3.05) is 0 Å². The SMILES string of the molecule is CC1(C)C=C2C(=[N+]([O-])c3cc(-c4ccc(F)nc4)ccc32)C(C)(C)C1.